The summed E-state index contributed by atoms with van der Waals surface area (Å²) in [5, 5.41) is 3.28. The number of furan rings is 1. The van der Waals surface area contributed by atoms with Crippen LogP contribution in [0.3, 0.4) is 0 Å². The third-order valence-electron chi connectivity index (χ3n) is 4.11. The van der Waals surface area contributed by atoms with E-state index in [0.29, 0.717) is 29.7 Å². The highest BCUT2D eigenvalue weighted by Crippen LogP contribution is 2.22. The number of amides is 2. The number of hydrogen-bond acceptors (Lipinski definition) is 4. The number of pyridine rings is 1. The molecule has 2 aromatic heterocycles. The van der Waals surface area contributed by atoms with Gasteiger partial charge < -0.3 is 14.6 Å². The van der Waals surface area contributed by atoms with Crippen LogP contribution in [0.15, 0.2) is 35.1 Å². The Morgan fingerprint density at radius 2 is 2.21 bits per heavy atom. The number of aromatic nitrogens is 1. The third-order valence-corrected chi connectivity index (χ3v) is 4.34. The molecule has 1 N–H and O–H groups in total. The van der Waals surface area contributed by atoms with Crippen LogP contribution in [-0.2, 0) is 4.79 Å². The fraction of sp³-hybridized carbons (Fsp3) is 0.353. The van der Waals surface area contributed by atoms with Crippen LogP contribution in [0.25, 0.3) is 0 Å². The summed E-state index contributed by atoms with van der Waals surface area (Å²) in [7, 11) is 0. The number of carbonyl (C=O) groups is 2. The topological polar surface area (TPSA) is 75.4 Å². The summed E-state index contributed by atoms with van der Waals surface area (Å²) in [6, 6.07) is 5.08. The first-order chi connectivity index (χ1) is 11.5. The van der Waals surface area contributed by atoms with Gasteiger partial charge in [0.1, 0.15) is 5.82 Å². The van der Waals surface area contributed by atoms with Crippen LogP contribution in [0.1, 0.15) is 29.0 Å². The maximum absolute atomic E-state index is 12.5. The number of hydrogen-bond donors (Lipinski definition) is 1. The molecular formula is C17H18ClN3O3. The van der Waals surface area contributed by atoms with Crippen LogP contribution >= 0.6 is 11.6 Å². The molecule has 0 unspecified atom stereocenters. The molecule has 1 saturated heterocycles. The molecule has 0 aromatic carbocycles. The van der Waals surface area contributed by atoms with E-state index in [1.54, 1.807) is 23.1 Å². The molecule has 1 atom stereocenters. The molecular weight excluding hydrogens is 330 g/mol. The Morgan fingerprint density at radius 3 is 2.88 bits per heavy atom. The lowest BCUT2D eigenvalue weighted by atomic mass is 9.96. The van der Waals surface area contributed by atoms with Gasteiger partial charge in [0.05, 0.1) is 17.2 Å². The van der Waals surface area contributed by atoms with Crippen molar-refractivity contribution in [3.05, 3.63) is 47.0 Å². The molecule has 2 amide bonds. The predicted octanol–water partition coefficient (Wildman–Crippen LogP) is 3.13. The van der Waals surface area contributed by atoms with E-state index < -0.39 is 0 Å². The van der Waals surface area contributed by atoms with Crippen molar-refractivity contribution >= 4 is 29.2 Å². The molecule has 2 aromatic rings. The zero-order valence-corrected chi connectivity index (χ0v) is 14.0. The normalized spacial score (nSPS) is 17.6. The molecule has 126 valence electrons. The van der Waals surface area contributed by atoms with Crippen LogP contribution in [0.2, 0.25) is 5.02 Å². The van der Waals surface area contributed by atoms with Crippen molar-refractivity contribution in [2.45, 2.75) is 19.8 Å². The molecule has 6 nitrogen and oxygen atoms in total. The van der Waals surface area contributed by atoms with Crippen LogP contribution in [-0.4, -0.2) is 34.8 Å². The van der Waals surface area contributed by atoms with Gasteiger partial charge >= 0.3 is 0 Å². The second-order valence-electron chi connectivity index (χ2n) is 5.87. The monoisotopic (exact) mass is 347 g/mol. The second-order valence-corrected chi connectivity index (χ2v) is 6.31. The minimum Gasteiger partial charge on any atom is -0.459 e. The summed E-state index contributed by atoms with van der Waals surface area (Å²) in [6.45, 7) is 2.83. The maximum Gasteiger partial charge on any atom is 0.289 e. The van der Waals surface area contributed by atoms with Gasteiger partial charge in [-0.2, -0.15) is 0 Å². The number of aryl methyl sites for hydroxylation is 1. The van der Waals surface area contributed by atoms with Gasteiger partial charge in [-0.05, 0) is 38.0 Å². The van der Waals surface area contributed by atoms with Gasteiger partial charge in [-0.25, -0.2) is 4.98 Å². The number of carbonyl (C=O) groups excluding carboxylic acids is 2. The minimum atomic E-state index is -0.268. The second kappa shape index (κ2) is 7.05. The Balaban J connectivity index is 1.64. The van der Waals surface area contributed by atoms with E-state index in [0.717, 1.165) is 18.4 Å². The summed E-state index contributed by atoms with van der Waals surface area (Å²) in [6.07, 6.45) is 4.49. The first-order valence-electron chi connectivity index (χ1n) is 7.80. The van der Waals surface area contributed by atoms with Crippen molar-refractivity contribution in [3.63, 3.8) is 0 Å². The molecule has 0 spiro atoms. The van der Waals surface area contributed by atoms with Crippen LogP contribution in [0.4, 0.5) is 5.82 Å². The third kappa shape index (κ3) is 3.59. The van der Waals surface area contributed by atoms with E-state index in [9.17, 15) is 9.59 Å². The van der Waals surface area contributed by atoms with E-state index in [4.69, 9.17) is 16.0 Å². The lowest BCUT2D eigenvalue weighted by Gasteiger charge is -2.31. The molecule has 0 radical (unpaired) electrons. The summed E-state index contributed by atoms with van der Waals surface area (Å²) < 4.78 is 5.27. The molecule has 0 saturated carbocycles. The maximum atomic E-state index is 12.5. The van der Waals surface area contributed by atoms with E-state index in [2.05, 4.69) is 10.3 Å². The van der Waals surface area contributed by atoms with Crippen molar-refractivity contribution in [3.8, 4) is 0 Å². The molecule has 0 bridgehead atoms. The number of anilines is 1. The number of nitrogens with one attached hydrogen (secondary N) is 1. The van der Waals surface area contributed by atoms with Crippen molar-refractivity contribution in [2.75, 3.05) is 18.4 Å². The molecule has 3 heterocycles. The highest BCUT2D eigenvalue weighted by Gasteiger charge is 2.30. The number of nitrogens with zero attached hydrogens (tertiary/aromatic N) is 2. The number of halogens is 1. The van der Waals surface area contributed by atoms with E-state index >= 15 is 0 Å². The van der Waals surface area contributed by atoms with Gasteiger partial charge in [0.15, 0.2) is 5.76 Å². The lowest BCUT2D eigenvalue weighted by Crippen LogP contribution is -2.43. The number of piperidine rings is 1. The molecule has 7 heteroatoms. The lowest BCUT2D eigenvalue weighted by molar-refractivity contribution is -0.121. The Kier molecular flexibility index (Phi) is 4.85. The van der Waals surface area contributed by atoms with Crippen LogP contribution in [0.5, 0.6) is 0 Å². The zero-order chi connectivity index (χ0) is 17.1. The first kappa shape index (κ1) is 16.5. The van der Waals surface area contributed by atoms with Crippen LogP contribution < -0.4 is 5.32 Å². The highest BCUT2D eigenvalue weighted by molar-refractivity contribution is 6.30. The zero-order valence-electron chi connectivity index (χ0n) is 13.3. The summed E-state index contributed by atoms with van der Waals surface area (Å²) in [5.74, 6) is 0.221. The summed E-state index contributed by atoms with van der Waals surface area (Å²) in [5.41, 5.74) is 0.803. The average molecular weight is 348 g/mol. The number of likely N-dealkylation sites (tertiary alicyclic amines) is 1. The molecule has 0 aliphatic carbocycles. The summed E-state index contributed by atoms with van der Waals surface area (Å²) >= 11 is 5.78. The Labute approximate surface area is 144 Å². The average Bonchev–Trinajstić information content (AvgIpc) is 3.02. The molecule has 1 aliphatic heterocycles. The smallest absolute Gasteiger partial charge is 0.289 e. The fourth-order valence-corrected chi connectivity index (χ4v) is 2.90. The molecule has 24 heavy (non-hydrogen) atoms. The van der Waals surface area contributed by atoms with Gasteiger partial charge in [-0.3, -0.25) is 9.59 Å². The SMILES string of the molecule is Cc1ccoc1C(=O)N1CCC[C@H](C(=O)Nc2ccc(Cl)cn2)C1. The van der Waals surface area contributed by atoms with Gasteiger partial charge in [0.25, 0.3) is 5.91 Å². The van der Waals surface area contributed by atoms with Crippen molar-refractivity contribution < 1.29 is 14.0 Å². The Hall–Kier alpha value is -2.34. The van der Waals surface area contributed by atoms with E-state index in [1.807, 2.05) is 6.92 Å². The molecule has 3 rings (SSSR count). The largest absolute Gasteiger partial charge is 0.459 e. The van der Waals surface area contributed by atoms with Gasteiger partial charge in [-0.1, -0.05) is 11.6 Å². The standard InChI is InChI=1S/C17H18ClN3O3/c1-11-6-8-24-15(11)17(23)21-7-2-3-12(10-21)16(22)20-14-5-4-13(18)9-19-14/h4-6,8-9,12H,2-3,7,10H2,1H3,(H,19,20,22)/t12-/m0/s1. The van der Waals surface area contributed by atoms with Gasteiger partial charge in [0, 0.05) is 24.8 Å². The fourth-order valence-electron chi connectivity index (χ4n) is 2.79. The Bertz CT molecular complexity index is 742. The van der Waals surface area contributed by atoms with Crippen molar-refractivity contribution in [1.82, 2.24) is 9.88 Å². The highest BCUT2D eigenvalue weighted by atomic mass is 35.5. The first-order valence-corrected chi connectivity index (χ1v) is 8.18. The predicted molar refractivity (Wildman–Crippen MR) is 89.9 cm³/mol. The van der Waals surface area contributed by atoms with Gasteiger partial charge in [-0.15, -0.1) is 0 Å². The van der Waals surface area contributed by atoms with Gasteiger partial charge in [0.2, 0.25) is 5.91 Å². The van der Waals surface area contributed by atoms with Crippen LogP contribution in [0, 0.1) is 12.8 Å². The summed E-state index contributed by atoms with van der Waals surface area (Å²) in [4.78, 5) is 30.7. The van der Waals surface area contributed by atoms with Crippen molar-refractivity contribution in [1.29, 1.82) is 0 Å². The minimum absolute atomic E-state index is 0.140. The van der Waals surface area contributed by atoms with E-state index in [-0.39, 0.29) is 17.7 Å². The number of rotatable bonds is 3. The molecule has 1 fully saturated rings. The Morgan fingerprint density at radius 1 is 1.38 bits per heavy atom. The quantitative estimate of drug-likeness (QED) is 0.925. The van der Waals surface area contributed by atoms with E-state index in [1.165, 1.54) is 12.5 Å². The molecule has 1 aliphatic rings. The van der Waals surface area contributed by atoms with Crippen molar-refractivity contribution in [2.24, 2.45) is 5.92 Å².